The number of methoxy groups -OCH3 is 1. The van der Waals surface area contributed by atoms with E-state index in [1.165, 1.54) is 5.56 Å². The molecule has 0 bridgehead atoms. The fraction of sp³-hybridized carbons (Fsp3) is 0.647. The zero-order valence-corrected chi connectivity index (χ0v) is 13.5. The molecule has 1 aromatic rings. The van der Waals surface area contributed by atoms with Crippen LogP contribution in [0.1, 0.15) is 52.6 Å². The molecule has 112 valence electrons. The molecular formula is C17H27NO2. The lowest BCUT2D eigenvalue weighted by atomic mass is 9.93. The van der Waals surface area contributed by atoms with Crippen LogP contribution in [0.4, 0.5) is 0 Å². The van der Waals surface area contributed by atoms with Gasteiger partial charge < -0.3 is 14.8 Å². The summed E-state index contributed by atoms with van der Waals surface area (Å²) in [4.78, 5) is 0. The quantitative estimate of drug-likeness (QED) is 0.910. The average molecular weight is 277 g/mol. The first-order valence-corrected chi connectivity index (χ1v) is 7.34. The van der Waals surface area contributed by atoms with Crippen molar-refractivity contribution in [3.8, 4) is 5.75 Å². The van der Waals surface area contributed by atoms with Gasteiger partial charge in [0.25, 0.3) is 0 Å². The van der Waals surface area contributed by atoms with Gasteiger partial charge >= 0.3 is 0 Å². The molecule has 1 aliphatic heterocycles. The van der Waals surface area contributed by atoms with Crippen molar-refractivity contribution in [2.45, 2.75) is 64.3 Å². The van der Waals surface area contributed by atoms with Gasteiger partial charge in [0, 0.05) is 12.1 Å². The minimum atomic E-state index is -0.142. The third-order valence-corrected chi connectivity index (χ3v) is 4.12. The maximum Gasteiger partial charge on any atom is 0.119 e. The van der Waals surface area contributed by atoms with E-state index in [0.29, 0.717) is 6.04 Å². The highest BCUT2D eigenvalue weighted by molar-refractivity contribution is 5.30. The van der Waals surface area contributed by atoms with Crippen molar-refractivity contribution in [2.75, 3.05) is 7.11 Å². The molecule has 1 fully saturated rings. The minimum absolute atomic E-state index is 0.0603. The van der Waals surface area contributed by atoms with Crippen LogP contribution in [0.5, 0.6) is 5.75 Å². The number of hydrogen-bond donors (Lipinski definition) is 1. The Morgan fingerprint density at radius 2 is 2.00 bits per heavy atom. The lowest BCUT2D eigenvalue weighted by Crippen LogP contribution is -2.44. The van der Waals surface area contributed by atoms with Gasteiger partial charge in [-0.2, -0.15) is 0 Å². The second kappa shape index (κ2) is 5.38. The van der Waals surface area contributed by atoms with Crippen LogP contribution in [0.3, 0.4) is 0 Å². The van der Waals surface area contributed by atoms with Gasteiger partial charge in [-0.1, -0.05) is 12.1 Å². The number of rotatable bonds is 4. The standard InChI is InChI=1S/C17H27NO2/c1-12(13-8-7-9-14(10-13)19-6)18-15-11-16(2,3)20-17(15,4)5/h7-10,12,15,18H,11H2,1-6H3/t12-,15?/m1/s1. The molecule has 1 unspecified atom stereocenters. The van der Waals surface area contributed by atoms with Crippen molar-refractivity contribution < 1.29 is 9.47 Å². The molecule has 1 aromatic carbocycles. The third-order valence-electron chi connectivity index (χ3n) is 4.12. The molecule has 0 aromatic heterocycles. The summed E-state index contributed by atoms with van der Waals surface area (Å²) in [5, 5.41) is 3.71. The van der Waals surface area contributed by atoms with Gasteiger partial charge in [0.05, 0.1) is 18.3 Å². The largest absolute Gasteiger partial charge is 0.497 e. The molecular weight excluding hydrogens is 250 g/mol. The van der Waals surface area contributed by atoms with Gasteiger partial charge in [-0.25, -0.2) is 0 Å². The van der Waals surface area contributed by atoms with Crippen molar-refractivity contribution >= 4 is 0 Å². The van der Waals surface area contributed by atoms with Crippen LogP contribution in [0.2, 0.25) is 0 Å². The van der Waals surface area contributed by atoms with Gasteiger partial charge in [-0.15, -0.1) is 0 Å². The normalized spacial score (nSPS) is 25.4. The van der Waals surface area contributed by atoms with E-state index >= 15 is 0 Å². The fourth-order valence-electron chi connectivity index (χ4n) is 3.13. The summed E-state index contributed by atoms with van der Waals surface area (Å²) < 4.78 is 11.4. The van der Waals surface area contributed by atoms with Crippen molar-refractivity contribution in [3.63, 3.8) is 0 Å². The van der Waals surface area contributed by atoms with Crippen LogP contribution < -0.4 is 10.1 Å². The first kappa shape index (κ1) is 15.3. The molecule has 0 amide bonds. The molecule has 2 rings (SSSR count). The van der Waals surface area contributed by atoms with Gasteiger partial charge in [0.1, 0.15) is 5.75 Å². The summed E-state index contributed by atoms with van der Waals surface area (Å²) in [6, 6.07) is 8.85. The number of nitrogens with one attached hydrogen (secondary N) is 1. The lowest BCUT2D eigenvalue weighted by Gasteiger charge is -2.30. The van der Waals surface area contributed by atoms with E-state index in [4.69, 9.17) is 9.47 Å². The molecule has 1 saturated heterocycles. The summed E-state index contributed by atoms with van der Waals surface area (Å²) in [6.45, 7) is 10.8. The molecule has 1 aliphatic rings. The molecule has 1 heterocycles. The summed E-state index contributed by atoms with van der Waals surface area (Å²) in [6.07, 6.45) is 1.02. The Kier molecular flexibility index (Phi) is 4.12. The Hall–Kier alpha value is -1.06. The molecule has 0 aliphatic carbocycles. The lowest BCUT2D eigenvalue weighted by molar-refractivity contribution is -0.0703. The Bertz CT molecular complexity index is 468. The van der Waals surface area contributed by atoms with Crippen molar-refractivity contribution in [1.82, 2.24) is 5.32 Å². The monoisotopic (exact) mass is 277 g/mol. The van der Waals surface area contributed by atoms with Crippen LogP contribution in [0.25, 0.3) is 0 Å². The Morgan fingerprint density at radius 1 is 1.30 bits per heavy atom. The smallest absolute Gasteiger partial charge is 0.119 e. The highest BCUT2D eigenvalue weighted by Crippen LogP contribution is 2.38. The van der Waals surface area contributed by atoms with Gasteiger partial charge in [-0.3, -0.25) is 0 Å². The zero-order valence-electron chi connectivity index (χ0n) is 13.5. The van der Waals surface area contributed by atoms with E-state index in [1.807, 2.05) is 12.1 Å². The Morgan fingerprint density at radius 3 is 2.55 bits per heavy atom. The first-order valence-electron chi connectivity index (χ1n) is 7.34. The second-order valence-electron chi connectivity index (χ2n) is 6.89. The Labute approximate surface area is 122 Å². The zero-order chi connectivity index (χ0) is 15.0. The summed E-state index contributed by atoms with van der Waals surface area (Å²) in [7, 11) is 1.70. The van der Waals surface area contributed by atoms with Gasteiger partial charge in [0.15, 0.2) is 0 Å². The average Bonchev–Trinajstić information content (AvgIpc) is 2.57. The summed E-state index contributed by atoms with van der Waals surface area (Å²) in [5.41, 5.74) is 1.04. The van der Waals surface area contributed by atoms with Crippen LogP contribution in [-0.4, -0.2) is 24.4 Å². The molecule has 20 heavy (non-hydrogen) atoms. The van der Waals surface area contributed by atoms with Gasteiger partial charge in [0.2, 0.25) is 0 Å². The number of ether oxygens (including phenoxy) is 2. The van der Waals surface area contributed by atoms with Crippen molar-refractivity contribution in [2.24, 2.45) is 0 Å². The predicted octanol–water partition coefficient (Wildman–Crippen LogP) is 3.69. The number of hydrogen-bond acceptors (Lipinski definition) is 3. The van der Waals surface area contributed by atoms with Crippen LogP contribution in [-0.2, 0) is 4.74 Å². The van der Waals surface area contributed by atoms with E-state index in [-0.39, 0.29) is 17.2 Å². The Balaban J connectivity index is 2.09. The summed E-state index contributed by atoms with van der Waals surface area (Å²) >= 11 is 0. The molecule has 2 atom stereocenters. The predicted molar refractivity (Wildman–Crippen MR) is 82.2 cm³/mol. The van der Waals surface area contributed by atoms with Crippen LogP contribution in [0.15, 0.2) is 24.3 Å². The topological polar surface area (TPSA) is 30.5 Å². The highest BCUT2D eigenvalue weighted by Gasteiger charge is 2.46. The van der Waals surface area contributed by atoms with Crippen molar-refractivity contribution in [1.29, 1.82) is 0 Å². The van der Waals surface area contributed by atoms with E-state index in [0.717, 1.165) is 12.2 Å². The maximum atomic E-state index is 6.14. The number of benzene rings is 1. The van der Waals surface area contributed by atoms with E-state index in [1.54, 1.807) is 7.11 Å². The first-order chi connectivity index (χ1) is 9.23. The van der Waals surface area contributed by atoms with Crippen molar-refractivity contribution in [3.05, 3.63) is 29.8 Å². The van der Waals surface area contributed by atoms with E-state index in [2.05, 4.69) is 52.1 Å². The summed E-state index contributed by atoms with van der Waals surface area (Å²) in [5.74, 6) is 0.901. The second-order valence-corrected chi connectivity index (χ2v) is 6.89. The highest BCUT2D eigenvalue weighted by atomic mass is 16.5. The molecule has 0 spiro atoms. The third kappa shape index (κ3) is 3.33. The molecule has 0 radical (unpaired) electrons. The van der Waals surface area contributed by atoms with E-state index < -0.39 is 0 Å². The van der Waals surface area contributed by atoms with Crippen LogP contribution in [0, 0.1) is 0 Å². The maximum absolute atomic E-state index is 6.14. The molecule has 1 N–H and O–H groups in total. The van der Waals surface area contributed by atoms with E-state index in [9.17, 15) is 0 Å². The molecule has 3 heteroatoms. The van der Waals surface area contributed by atoms with Gasteiger partial charge in [-0.05, 0) is 58.7 Å². The van der Waals surface area contributed by atoms with Crippen LogP contribution >= 0.6 is 0 Å². The fourth-order valence-corrected chi connectivity index (χ4v) is 3.13. The minimum Gasteiger partial charge on any atom is -0.497 e. The molecule has 3 nitrogen and oxygen atoms in total. The SMILES string of the molecule is COc1cccc([C@@H](C)NC2CC(C)(C)OC2(C)C)c1. The molecule has 0 saturated carbocycles.